The number of aromatic amines is 1. The highest BCUT2D eigenvalue weighted by molar-refractivity contribution is 5.95. The third-order valence-corrected chi connectivity index (χ3v) is 5.48. The van der Waals surface area contributed by atoms with Crippen LogP contribution in [0.5, 0.6) is 0 Å². The molecule has 0 fully saturated rings. The molecule has 1 rings (SSSR count). The lowest BCUT2D eigenvalue weighted by Crippen LogP contribution is -2.57. The van der Waals surface area contributed by atoms with Gasteiger partial charge in [-0.2, -0.15) is 0 Å². The van der Waals surface area contributed by atoms with Gasteiger partial charge in [0.1, 0.15) is 18.1 Å². The number of carboxylic acid groups (broad SMARTS) is 2. The van der Waals surface area contributed by atoms with Crippen LogP contribution in [0, 0.1) is 0 Å². The lowest BCUT2D eigenvalue weighted by molar-refractivity contribution is -0.143. The van der Waals surface area contributed by atoms with Crippen LogP contribution in [0.25, 0.3) is 0 Å². The fraction of sp³-hybridized carbons (Fsp3) is 0.636. The van der Waals surface area contributed by atoms with Gasteiger partial charge in [0, 0.05) is 18.3 Å². The van der Waals surface area contributed by atoms with Crippen LogP contribution in [-0.4, -0.2) is 87.1 Å². The molecule has 208 valence electrons. The van der Waals surface area contributed by atoms with Crippen molar-refractivity contribution in [2.75, 3.05) is 13.1 Å². The minimum absolute atomic E-state index is 0.0676. The predicted molar refractivity (Wildman–Crippen MR) is 132 cm³/mol. The Balaban J connectivity index is 2.93. The standard InChI is InChI=1S/C22H38N8O7/c23-7-3-1-5-15(20(34)29-16(22(36)37)6-2-4-8-24)28-21(35)17(10-18(31)32)30-19(33)14(25)9-13-11-26-12-27-13/h11-12,14-17H,1-10,23-25H2,(H,26,27)(H,28,35)(H,29,34)(H,30,33)(H,31,32)(H,36,37). The Morgan fingerprint density at radius 1 is 0.838 bits per heavy atom. The topological polar surface area (TPSA) is 269 Å². The molecule has 1 heterocycles. The number of aromatic nitrogens is 2. The van der Waals surface area contributed by atoms with Crippen molar-refractivity contribution in [2.24, 2.45) is 17.2 Å². The maximum absolute atomic E-state index is 13.0. The monoisotopic (exact) mass is 526 g/mol. The number of carbonyl (C=O) groups is 5. The summed E-state index contributed by atoms with van der Waals surface area (Å²) in [5.74, 6) is -5.04. The molecule has 0 bridgehead atoms. The van der Waals surface area contributed by atoms with E-state index in [1.165, 1.54) is 12.5 Å². The van der Waals surface area contributed by atoms with Crippen LogP contribution in [0.1, 0.15) is 50.6 Å². The first-order valence-electron chi connectivity index (χ1n) is 12.1. The highest BCUT2D eigenvalue weighted by Gasteiger charge is 2.31. The van der Waals surface area contributed by atoms with E-state index < -0.39 is 60.2 Å². The molecule has 15 nitrogen and oxygen atoms in total. The normalized spacial score (nSPS) is 14.1. The first kappa shape index (κ1) is 31.5. The van der Waals surface area contributed by atoms with E-state index in [2.05, 4.69) is 25.9 Å². The molecule has 0 aromatic carbocycles. The predicted octanol–water partition coefficient (Wildman–Crippen LogP) is -2.45. The summed E-state index contributed by atoms with van der Waals surface area (Å²) < 4.78 is 0. The van der Waals surface area contributed by atoms with Crippen molar-refractivity contribution >= 4 is 29.7 Å². The molecule has 0 spiro atoms. The Bertz CT molecular complexity index is 880. The lowest BCUT2D eigenvalue weighted by Gasteiger charge is -2.24. The molecule has 4 atom stereocenters. The van der Waals surface area contributed by atoms with Gasteiger partial charge in [0.15, 0.2) is 0 Å². The van der Waals surface area contributed by atoms with Gasteiger partial charge in [-0.3, -0.25) is 19.2 Å². The number of unbranched alkanes of at least 4 members (excludes halogenated alkanes) is 2. The van der Waals surface area contributed by atoms with Crippen LogP contribution < -0.4 is 33.2 Å². The van der Waals surface area contributed by atoms with E-state index in [-0.39, 0.29) is 19.3 Å². The Kier molecular flexibility index (Phi) is 14.5. The zero-order chi connectivity index (χ0) is 27.8. The molecule has 0 saturated heterocycles. The molecule has 12 N–H and O–H groups in total. The van der Waals surface area contributed by atoms with E-state index in [9.17, 15) is 34.2 Å². The zero-order valence-corrected chi connectivity index (χ0v) is 20.7. The molecule has 0 saturated carbocycles. The van der Waals surface area contributed by atoms with Crippen molar-refractivity contribution in [2.45, 2.75) is 75.5 Å². The molecule has 0 radical (unpaired) electrons. The summed E-state index contributed by atoms with van der Waals surface area (Å²) in [6.07, 6.45) is 4.48. The summed E-state index contributed by atoms with van der Waals surface area (Å²) >= 11 is 0. The number of nitrogens with zero attached hydrogens (tertiary/aromatic N) is 1. The number of hydrogen-bond acceptors (Lipinski definition) is 9. The van der Waals surface area contributed by atoms with Gasteiger partial charge in [0.25, 0.3) is 0 Å². The smallest absolute Gasteiger partial charge is 0.326 e. The van der Waals surface area contributed by atoms with Gasteiger partial charge in [0.2, 0.25) is 17.7 Å². The SMILES string of the molecule is NCCCCC(NC(=O)C(CCCCN)NC(=O)C(CC(=O)O)NC(=O)C(N)Cc1cnc[nH]1)C(=O)O. The molecule has 15 heteroatoms. The van der Waals surface area contributed by atoms with E-state index in [0.29, 0.717) is 44.5 Å². The minimum Gasteiger partial charge on any atom is -0.481 e. The second-order valence-electron chi connectivity index (χ2n) is 8.58. The molecular weight excluding hydrogens is 488 g/mol. The average molecular weight is 527 g/mol. The van der Waals surface area contributed by atoms with E-state index >= 15 is 0 Å². The molecule has 3 amide bonds. The number of carboxylic acids is 2. The number of aliphatic carboxylic acids is 2. The van der Waals surface area contributed by atoms with Crippen molar-refractivity contribution in [1.29, 1.82) is 0 Å². The Hall–Kier alpha value is -3.56. The molecule has 1 aromatic heterocycles. The zero-order valence-electron chi connectivity index (χ0n) is 20.7. The highest BCUT2D eigenvalue weighted by atomic mass is 16.4. The quantitative estimate of drug-likeness (QED) is 0.0853. The Morgan fingerprint density at radius 2 is 1.38 bits per heavy atom. The molecule has 37 heavy (non-hydrogen) atoms. The van der Waals surface area contributed by atoms with Crippen molar-refractivity contribution < 1.29 is 34.2 Å². The van der Waals surface area contributed by atoms with Crippen molar-refractivity contribution in [3.8, 4) is 0 Å². The van der Waals surface area contributed by atoms with Crippen LogP contribution in [0.4, 0.5) is 0 Å². The van der Waals surface area contributed by atoms with E-state index in [4.69, 9.17) is 17.2 Å². The molecule has 1 aromatic rings. The van der Waals surface area contributed by atoms with Crippen molar-refractivity contribution in [3.05, 3.63) is 18.2 Å². The van der Waals surface area contributed by atoms with Gasteiger partial charge in [-0.25, -0.2) is 9.78 Å². The number of rotatable bonds is 19. The Morgan fingerprint density at radius 3 is 1.89 bits per heavy atom. The lowest BCUT2D eigenvalue weighted by atomic mass is 10.0. The Labute approximate surface area is 214 Å². The van der Waals surface area contributed by atoms with Crippen LogP contribution in [0.2, 0.25) is 0 Å². The maximum Gasteiger partial charge on any atom is 0.326 e. The third kappa shape index (κ3) is 12.3. The number of H-pyrrole nitrogens is 1. The largest absolute Gasteiger partial charge is 0.481 e. The number of imidazole rings is 1. The number of nitrogens with one attached hydrogen (secondary N) is 4. The van der Waals surface area contributed by atoms with Crippen molar-refractivity contribution in [3.63, 3.8) is 0 Å². The highest BCUT2D eigenvalue weighted by Crippen LogP contribution is 2.07. The third-order valence-electron chi connectivity index (χ3n) is 5.48. The van der Waals surface area contributed by atoms with Gasteiger partial charge in [-0.1, -0.05) is 0 Å². The molecular formula is C22H38N8O7. The fourth-order valence-corrected chi connectivity index (χ4v) is 3.45. The number of amides is 3. The van der Waals surface area contributed by atoms with E-state index in [1.54, 1.807) is 0 Å². The van der Waals surface area contributed by atoms with Crippen LogP contribution in [0.15, 0.2) is 12.5 Å². The first-order chi connectivity index (χ1) is 17.6. The van der Waals surface area contributed by atoms with Crippen LogP contribution in [-0.2, 0) is 30.4 Å². The van der Waals surface area contributed by atoms with Gasteiger partial charge in [-0.15, -0.1) is 0 Å². The van der Waals surface area contributed by atoms with Gasteiger partial charge >= 0.3 is 11.9 Å². The van der Waals surface area contributed by atoms with Gasteiger partial charge in [-0.05, 0) is 51.6 Å². The summed E-state index contributed by atoms with van der Waals surface area (Å²) in [5, 5.41) is 25.9. The van der Waals surface area contributed by atoms with E-state index in [0.717, 1.165) is 0 Å². The summed E-state index contributed by atoms with van der Waals surface area (Å²) in [4.78, 5) is 67.9. The fourth-order valence-electron chi connectivity index (χ4n) is 3.45. The van der Waals surface area contributed by atoms with E-state index in [1.807, 2.05) is 0 Å². The number of hydrogen-bond donors (Lipinski definition) is 9. The maximum atomic E-state index is 13.0. The van der Waals surface area contributed by atoms with Crippen molar-refractivity contribution in [1.82, 2.24) is 25.9 Å². The molecule has 0 aliphatic heterocycles. The summed E-state index contributed by atoms with van der Waals surface area (Å²) in [6.45, 7) is 0.714. The minimum atomic E-state index is -1.53. The van der Waals surface area contributed by atoms with Crippen LogP contribution in [0.3, 0.4) is 0 Å². The number of carbonyl (C=O) groups excluding carboxylic acids is 3. The summed E-state index contributed by atoms with van der Waals surface area (Å²) in [7, 11) is 0. The van der Waals surface area contributed by atoms with Crippen LogP contribution >= 0.6 is 0 Å². The summed E-state index contributed by atoms with van der Waals surface area (Å²) in [6, 6.07) is -4.99. The second-order valence-corrected chi connectivity index (χ2v) is 8.58. The molecule has 0 aliphatic carbocycles. The van der Waals surface area contributed by atoms with Gasteiger partial charge < -0.3 is 48.3 Å². The average Bonchev–Trinajstić information content (AvgIpc) is 3.34. The first-order valence-corrected chi connectivity index (χ1v) is 12.1. The number of nitrogens with two attached hydrogens (primary N) is 3. The summed E-state index contributed by atoms with van der Waals surface area (Å²) in [5.41, 5.74) is 17.4. The van der Waals surface area contributed by atoms with Gasteiger partial charge in [0.05, 0.1) is 18.8 Å². The second kappa shape index (κ2) is 17.0. The molecule has 4 unspecified atom stereocenters. The molecule has 0 aliphatic rings.